The number of nitrogens with one attached hydrogen (secondary N) is 1. The lowest BCUT2D eigenvalue weighted by atomic mass is 9.96. The number of ether oxygens (including phenoxy) is 6. The van der Waals surface area contributed by atoms with Crippen LogP contribution in [-0.4, -0.2) is 193 Å². The van der Waals surface area contributed by atoms with Gasteiger partial charge < -0.3 is 89.9 Å². The van der Waals surface area contributed by atoms with Gasteiger partial charge in [-0.25, -0.2) is 0 Å². The van der Waals surface area contributed by atoms with Gasteiger partial charge in [-0.3, -0.25) is 4.79 Å². The van der Waals surface area contributed by atoms with Gasteiger partial charge in [-0.2, -0.15) is 0 Å². The van der Waals surface area contributed by atoms with Crippen molar-refractivity contribution in [2.45, 2.75) is 407 Å². The predicted octanol–water partition coefficient (Wildman–Crippen LogP) is 12.1. The van der Waals surface area contributed by atoms with E-state index in [2.05, 4.69) is 55.6 Å². The highest BCUT2D eigenvalue weighted by Gasteiger charge is 2.53. The molecule has 0 aromatic rings. The van der Waals surface area contributed by atoms with Crippen molar-refractivity contribution in [1.82, 2.24) is 5.32 Å². The van der Waals surface area contributed by atoms with Gasteiger partial charge in [0.15, 0.2) is 18.9 Å². The molecule has 17 unspecified atom stereocenters. The van der Waals surface area contributed by atoms with E-state index in [1.165, 1.54) is 225 Å². The maximum atomic E-state index is 13.4. The smallest absolute Gasteiger partial charge is 0.220 e. The van der Waals surface area contributed by atoms with Gasteiger partial charge in [0.25, 0.3) is 0 Å². The van der Waals surface area contributed by atoms with Crippen molar-refractivity contribution in [1.29, 1.82) is 0 Å². The first kappa shape index (κ1) is 88.0. The number of amides is 1. The quantitative estimate of drug-likeness (QED) is 0.0199. The third-order valence-corrected chi connectivity index (χ3v) is 19.3. The largest absolute Gasteiger partial charge is 0.394 e. The molecule has 3 saturated heterocycles. The summed E-state index contributed by atoms with van der Waals surface area (Å²) in [6, 6.07) is -0.999. The summed E-state index contributed by atoms with van der Waals surface area (Å²) in [7, 11) is 0. The van der Waals surface area contributed by atoms with E-state index in [9.17, 15) is 61.0 Å². The average Bonchev–Trinajstić information content (AvgIpc) is 0.788. The summed E-state index contributed by atoms with van der Waals surface area (Å²) in [5, 5.41) is 121. The van der Waals surface area contributed by atoms with Gasteiger partial charge in [-0.05, 0) is 70.6 Å². The SMILES string of the molecule is CCCCCCCCCC/C=C\CCCCCCCCCCCCCC(=O)NC(COC1OC(CO)C(OC2OC(CO)C(OC3OC(CO)C(O)C(O)C3O)C(O)C2O)C(O)C1O)C(O)/C=C/CC/C=C/CC/C=C/CCCCCCCCCCCCCCCCCCCC. The van der Waals surface area contributed by atoms with Crippen LogP contribution in [0.4, 0.5) is 0 Å². The highest BCUT2D eigenvalue weighted by molar-refractivity contribution is 5.76. The van der Waals surface area contributed by atoms with Crippen molar-refractivity contribution in [3.05, 3.63) is 48.6 Å². The second-order valence-electron chi connectivity index (χ2n) is 27.8. The molecule has 3 heterocycles. The van der Waals surface area contributed by atoms with Gasteiger partial charge in [-0.15, -0.1) is 0 Å². The van der Waals surface area contributed by atoms with E-state index >= 15 is 0 Å². The zero-order valence-electron chi connectivity index (χ0n) is 59.9. The third-order valence-electron chi connectivity index (χ3n) is 19.3. The van der Waals surface area contributed by atoms with Crippen LogP contribution in [0.15, 0.2) is 48.6 Å². The molecule has 0 aromatic carbocycles. The van der Waals surface area contributed by atoms with Gasteiger partial charge in [-0.1, -0.05) is 274 Å². The van der Waals surface area contributed by atoms with Gasteiger partial charge >= 0.3 is 0 Å². The number of carbonyl (C=O) groups excluding carboxylic acids is 1. The fourth-order valence-electron chi connectivity index (χ4n) is 13.0. The van der Waals surface area contributed by atoms with E-state index < -0.39 is 124 Å². The zero-order valence-corrected chi connectivity index (χ0v) is 59.9. The van der Waals surface area contributed by atoms with Crippen molar-refractivity contribution < 1.29 is 89.4 Å². The molecule has 3 rings (SSSR count). The number of hydrogen-bond donors (Lipinski definition) is 12. The van der Waals surface area contributed by atoms with Crippen LogP contribution in [0.1, 0.15) is 303 Å². The number of aliphatic hydroxyl groups is 11. The molecule has 0 saturated carbocycles. The van der Waals surface area contributed by atoms with Crippen LogP contribution in [0.25, 0.3) is 0 Å². The zero-order chi connectivity index (χ0) is 69.6. The molecule has 0 spiro atoms. The van der Waals surface area contributed by atoms with Crippen LogP contribution in [0.5, 0.6) is 0 Å². The molecular formula is C77H141NO18. The summed E-state index contributed by atoms with van der Waals surface area (Å²) in [6.07, 6.45) is 45.3. The molecule has 0 aliphatic carbocycles. The van der Waals surface area contributed by atoms with Gasteiger partial charge in [0.1, 0.15) is 73.2 Å². The number of hydrogen-bond acceptors (Lipinski definition) is 18. The van der Waals surface area contributed by atoms with Crippen LogP contribution in [0, 0.1) is 0 Å². The second kappa shape index (κ2) is 58.3. The first-order valence-corrected chi connectivity index (χ1v) is 38.9. The third kappa shape index (κ3) is 38.7. The minimum Gasteiger partial charge on any atom is -0.394 e. The Morgan fingerprint density at radius 3 is 1.04 bits per heavy atom. The summed E-state index contributed by atoms with van der Waals surface area (Å²) in [6.45, 7) is 1.75. The van der Waals surface area contributed by atoms with Gasteiger partial charge in [0.2, 0.25) is 5.91 Å². The first-order valence-electron chi connectivity index (χ1n) is 38.9. The van der Waals surface area contributed by atoms with Crippen LogP contribution in [-0.2, 0) is 33.2 Å². The van der Waals surface area contributed by atoms with E-state index in [1.807, 2.05) is 6.08 Å². The molecule has 19 heteroatoms. The number of rotatable bonds is 61. The second-order valence-corrected chi connectivity index (χ2v) is 27.8. The normalized spacial score (nSPS) is 27.3. The fourth-order valence-corrected chi connectivity index (χ4v) is 13.0. The van der Waals surface area contributed by atoms with Crippen molar-refractivity contribution in [3.63, 3.8) is 0 Å². The summed E-state index contributed by atoms with van der Waals surface area (Å²) in [5.74, 6) is -0.287. The summed E-state index contributed by atoms with van der Waals surface area (Å²) in [4.78, 5) is 13.4. The topological polar surface area (TPSA) is 307 Å². The van der Waals surface area contributed by atoms with Crippen molar-refractivity contribution in [2.24, 2.45) is 0 Å². The van der Waals surface area contributed by atoms with E-state index in [0.717, 1.165) is 44.9 Å². The molecule has 0 aromatic heterocycles. The summed E-state index contributed by atoms with van der Waals surface area (Å²) < 4.78 is 34.4. The first-order chi connectivity index (χ1) is 46.8. The minimum absolute atomic E-state index is 0.231. The number of allylic oxidation sites excluding steroid dienone is 7. The average molecular weight is 1370 g/mol. The molecular weight excluding hydrogens is 1230 g/mol. The Morgan fingerprint density at radius 1 is 0.365 bits per heavy atom. The Labute approximate surface area is 580 Å². The molecule has 0 bridgehead atoms. The van der Waals surface area contributed by atoms with Crippen LogP contribution < -0.4 is 5.32 Å². The molecule has 12 N–H and O–H groups in total. The molecule has 3 fully saturated rings. The molecule has 0 radical (unpaired) electrons. The molecule has 3 aliphatic rings. The van der Waals surface area contributed by atoms with Crippen molar-refractivity contribution >= 4 is 5.91 Å². The van der Waals surface area contributed by atoms with E-state index in [-0.39, 0.29) is 18.9 Å². The highest BCUT2D eigenvalue weighted by Crippen LogP contribution is 2.33. The lowest BCUT2D eigenvalue weighted by Crippen LogP contribution is -2.66. The summed E-state index contributed by atoms with van der Waals surface area (Å²) >= 11 is 0. The lowest BCUT2D eigenvalue weighted by molar-refractivity contribution is -0.379. The fraction of sp³-hybridized carbons (Fsp3) is 0.883. The predicted molar refractivity (Wildman–Crippen MR) is 379 cm³/mol. The van der Waals surface area contributed by atoms with Crippen molar-refractivity contribution in [2.75, 3.05) is 26.4 Å². The Morgan fingerprint density at radius 2 is 0.667 bits per heavy atom. The maximum absolute atomic E-state index is 13.4. The molecule has 19 nitrogen and oxygen atoms in total. The Balaban J connectivity index is 1.42. The van der Waals surface area contributed by atoms with Crippen LogP contribution in [0.3, 0.4) is 0 Å². The van der Waals surface area contributed by atoms with E-state index in [0.29, 0.717) is 12.8 Å². The van der Waals surface area contributed by atoms with E-state index in [1.54, 1.807) is 6.08 Å². The summed E-state index contributed by atoms with van der Waals surface area (Å²) in [5.41, 5.74) is 0. The molecule has 96 heavy (non-hydrogen) atoms. The maximum Gasteiger partial charge on any atom is 0.220 e. The lowest BCUT2D eigenvalue weighted by Gasteiger charge is -2.48. The molecule has 17 atom stereocenters. The molecule has 3 aliphatic heterocycles. The Hall–Kier alpha value is -2.25. The van der Waals surface area contributed by atoms with Gasteiger partial charge in [0, 0.05) is 6.42 Å². The standard InChI is InChI=1S/C77H141NO18/c1-3-5-7-9-11-13-15-17-19-21-23-25-27-28-29-30-31-33-34-36-38-40-42-44-46-48-50-52-54-61(82)60(78-65(83)55-53-51-49-47-45-43-41-39-37-35-32-26-24-22-20-18-16-14-12-10-8-6-4-2)59-91-75-71(89)68(86)73(63(57-80)93-75)96-77-72(90)69(87)74(64(58-81)94-77)95-76-70(88)67(85)66(84)62(56-79)92-76/h22,24,36,38,44,46,52,54,60-64,66-77,79-82,84-90H,3-21,23,25-35,37,39-43,45,47-51,53,55-59H2,1-2H3,(H,78,83)/b24-22-,38-36+,46-44+,54-52+. The molecule has 1 amide bonds. The van der Waals surface area contributed by atoms with E-state index in [4.69, 9.17) is 28.4 Å². The highest BCUT2D eigenvalue weighted by atomic mass is 16.8. The monoisotopic (exact) mass is 1370 g/mol. The van der Waals surface area contributed by atoms with Gasteiger partial charge in [0.05, 0.1) is 38.6 Å². The van der Waals surface area contributed by atoms with Crippen LogP contribution >= 0.6 is 0 Å². The number of aliphatic hydroxyl groups excluding tert-OH is 11. The number of unbranched alkanes of at least 4 members (excludes halogenated alkanes) is 39. The molecule has 562 valence electrons. The minimum atomic E-state index is -1.98. The Bertz CT molecular complexity index is 1930. The van der Waals surface area contributed by atoms with Crippen molar-refractivity contribution in [3.8, 4) is 0 Å². The number of carbonyl (C=O) groups is 1. The Kier molecular flexibility index (Phi) is 53.4. The van der Waals surface area contributed by atoms with Crippen LogP contribution in [0.2, 0.25) is 0 Å².